The van der Waals surface area contributed by atoms with Crippen LogP contribution in [0.1, 0.15) is 47.2 Å². The molecule has 0 saturated heterocycles. The Balaban J connectivity index is 0.947. The molecular formula is C63H48N2O2. The molecule has 10 aromatic carbocycles. The van der Waals surface area contributed by atoms with Crippen molar-refractivity contribution in [3.63, 3.8) is 0 Å². The topological polar surface area (TPSA) is 32.8 Å². The highest BCUT2D eigenvalue weighted by molar-refractivity contribution is 6.12. The standard InChI is InChI=1S/C63H48N2O2/c1-37-21-23-39(3)57(29-37)64(55-17-11-15-49-47-13-7-9-19-59(47)66-61(49)55)45-27-25-41-33-51-52-34-42-26-28-46(32-44(42)36-54(52)63(5,6)53(51)35-43(41)31-45)65(58-30-38(2)22-24-40(58)4)56-18-12-16-50-48-14-8-10-20-60(48)67-62(50)56/h7-36H,1-6H3. The van der Waals surface area contributed by atoms with Crippen LogP contribution in [0.25, 0.3) is 76.5 Å². The van der Waals surface area contributed by atoms with E-state index in [9.17, 15) is 0 Å². The lowest BCUT2D eigenvalue weighted by atomic mass is 9.81. The monoisotopic (exact) mass is 864 g/mol. The molecular weight excluding hydrogens is 817 g/mol. The van der Waals surface area contributed by atoms with Gasteiger partial charge in [-0.2, -0.15) is 0 Å². The average Bonchev–Trinajstić information content (AvgIpc) is 3.98. The van der Waals surface area contributed by atoms with Crippen LogP contribution in [0.3, 0.4) is 0 Å². The SMILES string of the molecule is Cc1ccc(C)c(N(c2ccc3cc4c(cc3c2)C(C)(C)c2cc3cc(N(c5cc(C)ccc5C)c5cccc6c5oc5ccccc56)ccc3cc2-4)c2cccc3c2oc2ccccc23)c1. The summed E-state index contributed by atoms with van der Waals surface area (Å²) in [5.74, 6) is 0. The minimum atomic E-state index is -0.238. The van der Waals surface area contributed by atoms with Gasteiger partial charge in [-0.15, -0.1) is 0 Å². The van der Waals surface area contributed by atoms with E-state index in [-0.39, 0.29) is 5.41 Å². The van der Waals surface area contributed by atoms with Crippen molar-refractivity contribution in [2.45, 2.75) is 47.0 Å². The van der Waals surface area contributed by atoms with E-state index in [0.29, 0.717) is 0 Å². The van der Waals surface area contributed by atoms with Crippen LogP contribution in [0.4, 0.5) is 34.1 Å². The fourth-order valence-electron chi connectivity index (χ4n) is 11.0. The lowest BCUT2D eigenvalue weighted by Crippen LogP contribution is -2.15. The zero-order valence-electron chi connectivity index (χ0n) is 38.5. The lowest BCUT2D eigenvalue weighted by molar-refractivity contribution is 0.662. The summed E-state index contributed by atoms with van der Waals surface area (Å²) in [6.07, 6.45) is 0. The molecule has 0 aliphatic heterocycles. The van der Waals surface area contributed by atoms with Gasteiger partial charge >= 0.3 is 0 Å². The Morgan fingerprint density at radius 2 is 0.791 bits per heavy atom. The Morgan fingerprint density at radius 1 is 0.358 bits per heavy atom. The minimum absolute atomic E-state index is 0.238. The molecule has 0 N–H and O–H groups in total. The van der Waals surface area contributed by atoms with Crippen molar-refractivity contribution in [3.05, 3.63) is 215 Å². The normalized spacial score (nSPS) is 13.0. The Kier molecular flexibility index (Phi) is 8.48. The number of fused-ring (bicyclic) bond motifs is 11. The summed E-state index contributed by atoms with van der Waals surface area (Å²) in [5, 5.41) is 9.32. The second-order valence-corrected chi connectivity index (χ2v) is 19.2. The third-order valence-corrected chi connectivity index (χ3v) is 14.5. The van der Waals surface area contributed by atoms with Crippen molar-refractivity contribution in [3.8, 4) is 11.1 Å². The summed E-state index contributed by atoms with van der Waals surface area (Å²) >= 11 is 0. The fraction of sp³-hybridized carbons (Fsp3) is 0.111. The maximum absolute atomic E-state index is 6.68. The van der Waals surface area contributed by atoms with Crippen molar-refractivity contribution in [2.24, 2.45) is 0 Å². The molecule has 13 rings (SSSR count). The number of para-hydroxylation sites is 4. The minimum Gasteiger partial charge on any atom is -0.454 e. The highest BCUT2D eigenvalue weighted by Crippen LogP contribution is 2.53. The number of hydrogen-bond acceptors (Lipinski definition) is 4. The van der Waals surface area contributed by atoms with Gasteiger partial charge in [-0.05, 0) is 179 Å². The van der Waals surface area contributed by atoms with E-state index < -0.39 is 0 Å². The van der Waals surface area contributed by atoms with Gasteiger partial charge < -0.3 is 18.6 Å². The molecule has 0 amide bonds. The maximum atomic E-state index is 6.68. The van der Waals surface area contributed by atoms with Crippen LogP contribution in [0, 0.1) is 27.7 Å². The number of rotatable bonds is 6. The van der Waals surface area contributed by atoms with Gasteiger partial charge in [0.2, 0.25) is 0 Å². The van der Waals surface area contributed by atoms with E-state index in [1.54, 1.807) is 0 Å². The molecule has 12 aromatic rings. The number of nitrogens with zero attached hydrogens (tertiary/aromatic N) is 2. The van der Waals surface area contributed by atoms with Crippen molar-refractivity contribution in [2.75, 3.05) is 9.80 Å². The summed E-state index contributed by atoms with van der Waals surface area (Å²) in [6.45, 7) is 13.5. The van der Waals surface area contributed by atoms with Crippen molar-refractivity contribution in [1.82, 2.24) is 0 Å². The Labute approximate surface area is 389 Å². The van der Waals surface area contributed by atoms with Crippen LogP contribution >= 0.6 is 0 Å². The van der Waals surface area contributed by atoms with Crippen LogP contribution in [0.5, 0.6) is 0 Å². The van der Waals surface area contributed by atoms with E-state index in [0.717, 1.165) is 78.0 Å². The van der Waals surface area contributed by atoms with Crippen LogP contribution < -0.4 is 9.80 Å². The highest BCUT2D eigenvalue weighted by Gasteiger charge is 2.36. The Morgan fingerprint density at radius 3 is 1.25 bits per heavy atom. The molecule has 1 aliphatic carbocycles. The maximum Gasteiger partial charge on any atom is 0.159 e. The van der Waals surface area contributed by atoms with Crippen LogP contribution in [-0.2, 0) is 5.41 Å². The summed E-state index contributed by atoms with van der Waals surface area (Å²) in [5.41, 5.74) is 19.9. The van der Waals surface area contributed by atoms with Crippen molar-refractivity contribution < 1.29 is 8.83 Å². The number of furan rings is 2. The van der Waals surface area contributed by atoms with E-state index >= 15 is 0 Å². The molecule has 0 radical (unpaired) electrons. The first-order valence-corrected chi connectivity index (χ1v) is 23.3. The predicted molar refractivity (Wildman–Crippen MR) is 282 cm³/mol. The summed E-state index contributed by atoms with van der Waals surface area (Å²) in [4.78, 5) is 4.78. The molecule has 4 heteroatoms. The van der Waals surface area contributed by atoms with E-state index in [4.69, 9.17) is 8.83 Å². The number of anilines is 6. The summed E-state index contributed by atoms with van der Waals surface area (Å²) in [7, 11) is 0. The molecule has 0 unspecified atom stereocenters. The molecule has 0 saturated carbocycles. The number of benzene rings is 10. The van der Waals surface area contributed by atoms with Crippen LogP contribution in [-0.4, -0.2) is 0 Å². The molecule has 0 fully saturated rings. The largest absolute Gasteiger partial charge is 0.454 e. The zero-order chi connectivity index (χ0) is 45.3. The first-order chi connectivity index (χ1) is 32.6. The first kappa shape index (κ1) is 39.3. The molecule has 322 valence electrons. The van der Waals surface area contributed by atoms with Crippen molar-refractivity contribution in [1.29, 1.82) is 0 Å². The van der Waals surface area contributed by atoms with Gasteiger partial charge in [-0.3, -0.25) is 0 Å². The van der Waals surface area contributed by atoms with E-state index in [1.807, 2.05) is 12.1 Å². The van der Waals surface area contributed by atoms with Gasteiger partial charge in [-0.25, -0.2) is 0 Å². The summed E-state index contributed by atoms with van der Waals surface area (Å²) < 4.78 is 13.4. The summed E-state index contributed by atoms with van der Waals surface area (Å²) in [6, 6.07) is 66.7. The van der Waals surface area contributed by atoms with Gasteiger partial charge in [0.15, 0.2) is 11.2 Å². The van der Waals surface area contributed by atoms with Gasteiger partial charge in [0, 0.05) is 49.7 Å². The molecule has 0 bridgehead atoms. The Bertz CT molecular complexity index is 3770. The molecule has 1 aliphatic rings. The van der Waals surface area contributed by atoms with E-state index in [1.165, 1.54) is 66.1 Å². The fourth-order valence-corrected chi connectivity index (χ4v) is 11.0. The van der Waals surface area contributed by atoms with Crippen LogP contribution in [0.15, 0.2) is 191 Å². The molecule has 0 spiro atoms. The van der Waals surface area contributed by atoms with Gasteiger partial charge in [0.05, 0.1) is 11.4 Å². The van der Waals surface area contributed by atoms with Gasteiger partial charge in [0.1, 0.15) is 11.2 Å². The predicted octanol–water partition coefficient (Wildman–Crippen LogP) is 18.3. The van der Waals surface area contributed by atoms with Crippen LogP contribution in [0.2, 0.25) is 0 Å². The molecule has 0 atom stereocenters. The smallest absolute Gasteiger partial charge is 0.159 e. The highest BCUT2D eigenvalue weighted by atomic mass is 16.3. The van der Waals surface area contributed by atoms with Gasteiger partial charge in [0.25, 0.3) is 0 Å². The second kappa shape index (κ2) is 14.5. The zero-order valence-corrected chi connectivity index (χ0v) is 38.5. The third-order valence-electron chi connectivity index (χ3n) is 14.5. The number of hydrogen-bond donors (Lipinski definition) is 0. The Hall–Kier alpha value is -8.08. The lowest BCUT2D eigenvalue weighted by Gasteiger charge is -2.28. The van der Waals surface area contributed by atoms with Gasteiger partial charge in [-0.1, -0.05) is 111 Å². The molecule has 67 heavy (non-hydrogen) atoms. The molecule has 2 aromatic heterocycles. The molecule has 4 nitrogen and oxygen atoms in total. The van der Waals surface area contributed by atoms with E-state index in [2.05, 4.69) is 221 Å². The quantitative estimate of drug-likeness (QED) is 0.167. The number of aryl methyl sites for hydroxylation is 4. The molecule has 2 heterocycles. The second-order valence-electron chi connectivity index (χ2n) is 19.2. The first-order valence-electron chi connectivity index (χ1n) is 23.3. The average molecular weight is 865 g/mol. The third kappa shape index (κ3) is 5.99. The van der Waals surface area contributed by atoms with Crippen molar-refractivity contribution >= 4 is 99.5 Å².